The second kappa shape index (κ2) is 11.3. The number of carbonyl (C=O) groups excluding carboxylic acids is 2. The van der Waals surface area contributed by atoms with Crippen molar-refractivity contribution in [1.82, 2.24) is 10.2 Å². The van der Waals surface area contributed by atoms with E-state index >= 15 is 0 Å². The molecule has 0 radical (unpaired) electrons. The monoisotopic (exact) mass is 412 g/mol. The fourth-order valence-corrected chi connectivity index (χ4v) is 3.44. The molecule has 160 valence electrons. The predicted molar refractivity (Wildman–Crippen MR) is 114 cm³/mol. The summed E-state index contributed by atoms with van der Waals surface area (Å²) in [5.41, 5.74) is 0.614. The molecule has 2 amide bonds. The van der Waals surface area contributed by atoms with Crippen LogP contribution >= 0.6 is 0 Å². The van der Waals surface area contributed by atoms with Crippen LogP contribution in [0.2, 0.25) is 0 Å². The van der Waals surface area contributed by atoms with Crippen LogP contribution in [0, 0.1) is 0 Å². The zero-order valence-electron chi connectivity index (χ0n) is 17.4. The van der Waals surface area contributed by atoms with Crippen molar-refractivity contribution < 1.29 is 24.0 Å². The third-order valence-corrected chi connectivity index (χ3v) is 5.08. The maximum Gasteiger partial charge on any atom is 0.275 e. The summed E-state index contributed by atoms with van der Waals surface area (Å²) in [7, 11) is 1.65. The van der Waals surface area contributed by atoms with E-state index in [-0.39, 0.29) is 11.8 Å². The van der Waals surface area contributed by atoms with Crippen molar-refractivity contribution in [2.24, 2.45) is 0 Å². The molecule has 0 unspecified atom stereocenters. The SMILES string of the molecule is COCCCNC(=O)C[NH+]1CCN(C(=O)c2cccc(Oc3ccccc3)c2)CC1. The number of methoxy groups -OCH3 is 1. The minimum absolute atomic E-state index is 0.00317. The highest BCUT2D eigenvalue weighted by molar-refractivity contribution is 5.94. The van der Waals surface area contributed by atoms with Gasteiger partial charge in [-0.15, -0.1) is 0 Å². The fraction of sp³-hybridized carbons (Fsp3) is 0.391. The van der Waals surface area contributed by atoms with Crippen LogP contribution < -0.4 is 15.0 Å². The smallest absolute Gasteiger partial charge is 0.275 e. The Morgan fingerprint density at radius 3 is 2.50 bits per heavy atom. The number of nitrogens with zero attached hydrogens (tertiary/aromatic N) is 1. The number of hydrogen-bond acceptors (Lipinski definition) is 4. The topological polar surface area (TPSA) is 72.3 Å². The first kappa shape index (κ1) is 21.8. The number of para-hydroxylation sites is 1. The van der Waals surface area contributed by atoms with Crippen LogP contribution in [0.4, 0.5) is 0 Å². The molecular weight excluding hydrogens is 382 g/mol. The first-order valence-electron chi connectivity index (χ1n) is 10.4. The van der Waals surface area contributed by atoms with E-state index in [1.54, 1.807) is 13.2 Å². The van der Waals surface area contributed by atoms with E-state index < -0.39 is 0 Å². The average molecular weight is 413 g/mol. The van der Waals surface area contributed by atoms with E-state index in [9.17, 15) is 9.59 Å². The van der Waals surface area contributed by atoms with E-state index in [1.807, 2.05) is 53.4 Å². The van der Waals surface area contributed by atoms with Crippen LogP contribution in [0.5, 0.6) is 11.5 Å². The van der Waals surface area contributed by atoms with E-state index in [2.05, 4.69) is 5.32 Å². The standard InChI is InChI=1S/C23H29N3O4/c1-29-16-6-11-24-22(27)18-25-12-14-26(15-13-25)23(28)19-7-5-10-21(17-19)30-20-8-3-2-4-9-20/h2-5,7-10,17H,6,11-16,18H2,1H3,(H,24,27)/p+1. The van der Waals surface area contributed by atoms with Gasteiger partial charge in [-0.2, -0.15) is 0 Å². The Hall–Kier alpha value is -2.90. The molecule has 0 aliphatic carbocycles. The lowest BCUT2D eigenvalue weighted by atomic mass is 10.1. The molecule has 0 aromatic heterocycles. The molecule has 1 aliphatic rings. The lowest BCUT2D eigenvalue weighted by Gasteiger charge is -2.32. The van der Waals surface area contributed by atoms with Crippen molar-refractivity contribution in [3.05, 3.63) is 60.2 Å². The van der Waals surface area contributed by atoms with Gasteiger partial charge < -0.3 is 24.6 Å². The highest BCUT2D eigenvalue weighted by atomic mass is 16.5. The molecule has 1 saturated heterocycles. The molecule has 1 aliphatic heterocycles. The summed E-state index contributed by atoms with van der Waals surface area (Å²) in [5.74, 6) is 1.42. The van der Waals surface area contributed by atoms with E-state index in [0.717, 1.165) is 25.3 Å². The molecule has 0 atom stereocenters. The minimum atomic E-state index is -0.00317. The minimum Gasteiger partial charge on any atom is -0.457 e. The first-order valence-corrected chi connectivity index (χ1v) is 10.4. The highest BCUT2D eigenvalue weighted by Crippen LogP contribution is 2.22. The fourth-order valence-electron chi connectivity index (χ4n) is 3.44. The molecule has 7 heteroatoms. The maximum atomic E-state index is 12.9. The van der Waals surface area contributed by atoms with Crippen LogP contribution in [0.3, 0.4) is 0 Å². The van der Waals surface area contributed by atoms with Crippen LogP contribution in [0.25, 0.3) is 0 Å². The number of piperazine rings is 1. The van der Waals surface area contributed by atoms with E-state index in [0.29, 0.717) is 44.1 Å². The molecule has 2 aromatic carbocycles. The highest BCUT2D eigenvalue weighted by Gasteiger charge is 2.26. The Labute approximate surface area is 177 Å². The van der Waals surface area contributed by atoms with Gasteiger partial charge in [0.15, 0.2) is 6.54 Å². The lowest BCUT2D eigenvalue weighted by Crippen LogP contribution is -3.15. The molecule has 1 fully saturated rings. The Morgan fingerprint density at radius 1 is 1.03 bits per heavy atom. The molecule has 2 N–H and O–H groups in total. The Morgan fingerprint density at radius 2 is 1.77 bits per heavy atom. The van der Waals surface area contributed by atoms with E-state index in [4.69, 9.17) is 9.47 Å². The zero-order chi connectivity index (χ0) is 21.2. The van der Waals surface area contributed by atoms with Crippen molar-refractivity contribution >= 4 is 11.8 Å². The zero-order valence-corrected chi connectivity index (χ0v) is 17.4. The number of carbonyl (C=O) groups is 2. The van der Waals surface area contributed by atoms with Gasteiger partial charge in [0.05, 0.1) is 26.2 Å². The molecule has 0 spiro atoms. The number of benzene rings is 2. The van der Waals surface area contributed by atoms with Gasteiger partial charge in [0.1, 0.15) is 11.5 Å². The Kier molecular flexibility index (Phi) is 8.23. The molecular formula is C23H30N3O4+. The molecule has 1 heterocycles. The van der Waals surface area contributed by atoms with Gasteiger partial charge in [-0.25, -0.2) is 0 Å². The summed E-state index contributed by atoms with van der Waals surface area (Å²) in [6, 6.07) is 16.8. The first-order chi connectivity index (χ1) is 14.7. The van der Waals surface area contributed by atoms with Gasteiger partial charge in [0.2, 0.25) is 0 Å². The Bertz CT molecular complexity index is 820. The summed E-state index contributed by atoms with van der Waals surface area (Å²) >= 11 is 0. The van der Waals surface area contributed by atoms with Crippen LogP contribution in [-0.4, -0.2) is 69.7 Å². The summed E-state index contributed by atoms with van der Waals surface area (Å²) in [6.07, 6.45) is 0.812. The molecule has 2 aromatic rings. The summed E-state index contributed by atoms with van der Waals surface area (Å²) < 4.78 is 10.8. The molecule has 7 nitrogen and oxygen atoms in total. The largest absolute Gasteiger partial charge is 0.457 e. The Balaban J connectivity index is 1.47. The van der Waals surface area contributed by atoms with Crippen LogP contribution in [0.15, 0.2) is 54.6 Å². The second-order valence-corrected chi connectivity index (χ2v) is 7.36. The lowest BCUT2D eigenvalue weighted by molar-refractivity contribution is -0.896. The summed E-state index contributed by atoms with van der Waals surface area (Å²) in [4.78, 5) is 28.0. The molecule has 0 bridgehead atoms. The van der Waals surface area contributed by atoms with Crippen molar-refractivity contribution in [2.75, 3.05) is 53.0 Å². The van der Waals surface area contributed by atoms with Crippen molar-refractivity contribution in [1.29, 1.82) is 0 Å². The van der Waals surface area contributed by atoms with E-state index in [1.165, 1.54) is 4.90 Å². The van der Waals surface area contributed by atoms with Gasteiger partial charge in [-0.1, -0.05) is 24.3 Å². The number of nitrogens with one attached hydrogen (secondary N) is 2. The number of amides is 2. The number of ether oxygens (including phenoxy) is 2. The third-order valence-electron chi connectivity index (χ3n) is 5.08. The summed E-state index contributed by atoms with van der Waals surface area (Å²) in [6.45, 7) is 4.51. The second-order valence-electron chi connectivity index (χ2n) is 7.36. The molecule has 0 saturated carbocycles. The van der Waals surface area contributed by atoms with Crippen molar-refractivity contribution in [3.8, 4) is 11.5 Å². The van der Waals surface area contributed by atoms with Crippen LogP contribution in [-0.2, 0) is 9.53 Å². The molecule has 3 rings (SSSR count). The van der Waals surface area contributed by atoms with Gasteiger partial charge in [-0.3, -0.25) is 9.59 Å². The molecule has 30 heavy (non-hydrogen) atoms. The van der Waals surface area contributed by atoms with Crippen molar-refractivity contribution in [2.45, 2.75) is 6.42 Å². The number of hydrogen-bond donors (Lipinski definition) is 2. The quantitative estimate of drug-likeness (QED) is 0.602. The summed E-state index contributed by atoms with van der Waals surface area (Å²) in [5, 5.41) is 2.92. The normalized spacial score (nSPS) is 14.4. The van der Waals surface area contributed by atoms with Gasteiger partial charge >= 0.3 is 0 Å². The van der Waals surface area contributed by atoms with Gasteiger partial charge in [0, 0.05) is 25.8 Å². The van der Waals surface area contributed by atoms with Crippen molar-refractivity contribution in [3.63, 3.8) is 0 Å². The third kappa shape index (κ3) is 6.57. The number of rotatable bonds is 9. The van der Waals surface area contributed by atoms with Gasteiger partial charge in [0.25, 0.3) is 11.8 Å². The average Bonchev–Trinajstić information content (AvgIpc) is 2.78. The van der Waals surface area contributed by atoms with Gasteiger partial charge in [-0.05, 0) is 36.8 Å². The van der Waals surface area contributed by atoms with Crippen LogP contribution in [0.1, 0.15) is 16.8 Å². The predicted octanol–water partition coefficient (Wildman–Crippen LogP) is 0.972. The maximum absolute atomic E-state index is 12.9. The number of quaternary nitrogens is 1.